The second-order valence-corrected chi connectivity index (χ2v) is 7.30. The summed E-state index contributed by atoms with van der Waals surface area (Å²) in [6.45, 7) is 3.22. The second kappa shape index (κ2) is 9.60. The Hall–Kier alpha value is -2.53. The van der Waals surface area contributed by atoms with Crippen LogP contribution < -0.4 is 5.32 Å². The molecule has 2 aromatic rings. The van der Waals surface area contributed by atoms with E-state index < -0.39 is 0 Å². The molecule has 0 radical (unpaired) electrons. The third-order valence-corrected chi connectivity index (χ3v) is 5.27. The molecule has 28 heavy (non-hydrogen) atoms. The van der Waals surface area contributed by atoms with E-state index in [1.54, 1.807) is 11.8 Å². The average Bonchev–Trinajstić information content (AvgIpc) is 2.73. The van der Waals surface area contributed by atoms with Gasteiger partial charge in [-0.2, -0.15) is 0 Å². The van der Waals surface area contributed by atoms with E-state index in [0.29, 0.717) is 37.6 Å². The molecule has 1 aliphatic heterocycles. The maximum Gasteiger partial charge on any atom is 0.409 e. The number of rotatable bonds is 5. The van der Waals surface area contributed by atoms with Gasteiger partial charge in [0.25, 0.3) is 0 Å². The van der Waals surface area contributed by atoms with Crippen LogP contribution in [0.15, 0.2) is 54.6 Å². The molecule has 0 spiro atoms. The number of hydrogen-bond donors (Lipinski definition) is 1. The summed E-state index contributed by atoms with van der Waals surface area (Å²) in [6, 6.07) is 17.2. The number of halogens is 1. The normalized spacial score (nSPS) is 15.7. The van der Waals surface area contributed by atoms with Crippen LogP contribution in [0.2, 0.25) is 5.02 Å². The fourth-order valence-corrected chi connectivity index (χ4v) is 3.58. The molecule has 1 heterocycles. The van der Waals surface area contributed by atoms with Crippen molar-refractivity contribution in [3.8, 4) is 0 Å². The lowest BCUT2D eigenvalue weighted by Gasteiger charge is -2.31. The van der Waals surface area contributed by atoms with E-state index >= 15 is 0 Å². The summed E-state index contributed by atoms with van der Waals surface area (Å²) in [7, 11) is 0. The van der Waals surface area contributed by atoms with Crippen molar-refractivity contribution in [1.82, 2.24) is 10.2 Å². The van der Waals surface area contributed by atoms with Crippen molar-refractivity contribution in [3.63, 3.8) is 0 Å². The number of likely N-dealkylation sites (tertiary alicyclic amines) is 1. The minimum atomic E-state index is -0.301. The Labute approximate surface area is 170 Å². The van der Waals surface area contributed by atoms with Gasteiger partial charge in [0.2, 0.25) is 5.91 Å². The van der Waals surface area contributed by atoms with Gasteiger partial charge in [0.05, 0.1) is 12.6 Å². The second-order valence-electron chi connectivity index (χ2n) is 6.86. The molecule has 6 heteroatoms. The third kappa shape index (κ3) is 5.04. The highest BCUT2D eigenvalue weighted by Crippen LogP contribution is 2.26. The Morgan fingerprint density at radius 2 is 1.68 bits per heavy atom. The number of piperidine rings is 1. The summed E-state index contributed by atoms with van der Waals surface area (Å²) in [5.41, 5.74) is 2.00. The molecule has 0 bridgehead atoms. The predicted molar refractivity (Wildman–Crippen MR) is 109 cm³/mol. The molecule has 3 rings (SSSR count). The van der Waals surface area contributed by atoms with Gasteiger partial charge < -0.3 is 15.0 Å². The van der Waals surface area contributed by atoms with E-state index in [1.807, 2.05) is 54.6 Å². The van der Waals surface area contributed by atoms with E-state index in [0.717, 1.165) is 11.1 Å². The zero-order valence-electron chi connectivity index (χ0n) is 15.9. The summed E-state index contributed by atoms with van der Waals surface area (Å²) >= 11 is 6.02. The third-order valence-electron chi connectivity index (χ3n) is 5.01. The highest BCUT2D eigenvalue weighted by Gasteiger charge is 2.29. The molecule has 1 aliphatic rings. The number of carbonyl (C=O) groups excluding carboxylic acids is 2. The molecular weight excluding hydrogens is 376 g/mol. The lowest BCUT2D eigenvalue weighted by atomic mass is 9.93. The van der Waals surface area contributed by atoms with Crippen molar-refractivity contribution in [1.29, 1.82) is 0 Å². The molecule has 0 aliphatic carbocycles. The predicted octanol–water partition coefficient (Wildman–Crippen LogP) is 4.41. The maximum absolute atomic E-state index is 13.0. The topological polar surface area (TPSA) is 58.6 Å². The Morgan fingerprint density at radius 3 is 2.29 bits per heavy atom. The largest absolute Gasteiger partial charge is 0.450 e. The summed E-state index contributed by atoms with van der Waals surface area (Å²) in [5.74, 6) is -0.114. The number of ether oxygens (including phenoxy) is 1. The molecule has 1 atom stereocenters. The van der Waals surface area contributed by atoms with Crippen molar-refractivity contribution in [2.45, 2.75) is 25.8 Å². The van der Waals surface area contributed by atoms with Crippen LogP contribution in [-0.4, -0.2) is 36.6 Å². The number of carbonyl (C=O) groups is 2. The van der Waals surface area contributed by atoms with Crippen LogP contribution in [-0.2, 0) is 9.53 Å². The van der Waals surface area contributed by atoms with Crippen LogP contribution in [0.4, 0.5) is 4.79 Å². The SMILES string of the molecule is CCOC(=O)N1CCC(C(=O)NC(c2ccccc2)c2ccc(Cl)cc2)CC1. The van der Waals surface area contributed by atoms with Crippen LogP contribution in [0.25, 0.3) is 0 Å². The lowest BCUT2D eigenvalue weighted by molar-refractivity contribution is -0.126. The molecular formula is C22H25ClN2O3. The molecule has 1 unspecified atom stereocenters. The Balaban J connectivity index is 1.69. The lowest BCUT2D eigenvalue weighted by Crippen LogP contribution is -2.44. The summed E-state index contributed by atoms with van der Waals surface area (Å²) in [4.78, 5) is 26.5. The molecule has 5 nitrogen and oxygen atoms in total. The quantitative estimate of drug-likeness (QED) is 0.808. The van der Waals surface area contributed by atoms with Gasteiger partial charge in [-0.25, -0.2) is 4.79 Å². The van der Waals surface area contributed by atoms with Gasteiger partial charge >= 0.3 is 6.09 Å². The van der Waals surface area contributed by atoms with Crippen LogP contribution in [0, 0.1) is 5.92 Å². The number of amides is 2. The minimum Gasteiger partial charge on any atom is -0.450 e. The summed E-state index contributed by atoms with van der Waals surface area (Å²) in [6.07, 6.45) is 0.962. The Morgan fingerprint density at radius 1 is 1.07 bits per heavy atom. The van der Waals surface area contributed by atoms with Crippen LogP contribution in [0.3, 0.4) is 0 Å². The highest BCUT2D eigenvalue weighted by atomic mass is 35.5. The maximum atomic E-state index is 13.0. The standard InChI is InChI=1S/C22H25ClN2O3/c1-2-28-22(27)25-14-12-18(13-15-25)21(26)24-20(16-6-4-3-5-7-16)17-8-10-19(23)11-9-17/h3-11,18,20H,2,12-15H2,1H3,(H,24,26). The van der Waals surface area contributed by atoms with Crippen molar-refractivity contribution in [2.24, 2.45) is 5.92 Å². The van der Waals surface area contributed by atoms with E-state index in [2.05, 4.69) is 5.32 Å². The van der Waals surface area contributed by atoms with Gasteiger partial charge in [-0.1, -0.05) is 54.1 Å². The highest BCUT2D eigenvalue weighted by molar-refractivity contribution is 6.30. The number of benzene rings is 2. The molecule has 1 N–H and O–H groups in total. The van der Waals surface area contributed by atoms with Crippen LogP contribution in [0.5, 0.6) is 0 Å². The first-order valence-electron chi connectivity index (χ1n) is 9.61. The van der Waals surface area contributed by atoms with E-state index in [-0.39, 0.29) is 24.0 Å². The van der Waals surface area contributed by atoms with E-state index in [4.69, 9.17) is 16.3 Å². The minimum absolute atomic E-state index is 0.00677. The summed E-state index contributed by atoms with van der Waals surface area (Å²) in [5, 5.41) is 3.85. The number of nitrogens with one attached hydrogen (secondary N) is 1. The van der Waals surface area contributed by atoms with Gasteiger partial charge in [0.15, 0.2) is 0 Å². The van der Waals surface area contributed by atoms with Gasteiger partial charge in [0.1, 0.15) is 0 Å². The monoisotopic (exact) mass is 400 g/mol. The molecule has 1 saturated heterocycles. The zero-order valence-corrected chi connectivity index (χ0v) is 16.7. The molecule has 2 amide bonds. The molecule has 2 aromatic carbocycles. The first-order chi connectivity index (χ1) is 13.6. The fourth-order valence-electron chi connectivity index (χ4n) is 3.46. The zero-order chi connectivity index (χ0) is 19.9. The first-order valence-corrected chi connectivity index (χ1v) is 9.98. The van der Waals surface area contributed by atoms with Gasteiger partial charge in [-0.15, -0.1) is 0 Å². The van der Waals surface area contributed by atoms with Crippen LogP contribution in [0.1, 0.15) is 36.9 Å². The van der Waals surface area contributed by atoms with Crippen molar-refractivity contribution >= 4 is 23.6 Å². The van der Waals surface area contributed by atoms with Crippen molar-refractivity contribution in [2.75, 3.05) is 19.7 Å². The smallest absolute Gasteiger partial charge is 0.409 e. The molecule has 0 saturated carbocycles. The fraction of sp³-hybridized carbons (Fsp3) is 0.364. The average molecular weight is 401 g/mol. The van der Waals surface area contributed by atoms with E-state index in [9.17, 15) is 9.59 Å². The molecule has 1 fully saturated rings. The molecule has 148 valence electrons. The van der Waals surface area contributed by atoms with E-state index in [1.165, 1.54) is 0 Å². The Kier molecular flexibility index (Phi) is 6.93. The first kappa shape index (κ1) is 20.2. The van der Waals surface area contributed by atoms with Gasteiger partial charge in [-0.05, 0) is 43.0 Å². The molecule has 0 aromatic heterocycles. The van der Waals surface area contributed by atoms with Gasteiger partial charge in [0, 0.05) is 24.0 Å². The number of nitrogens with zero attached hydrogens (tertiary/aromatic N) is 1. The number of hydrogen-bond acceptors (Lipinski definition) is 3. The van der Waals surface area contributed by atoms with Crippen molar-refractivity contribution < 1.29 is 14.3 Å². The summed E-state index contributed by atoms with van der Waals surface area (Å²) < 4.78 is 5.04. The van der Waals surface area contributed by atoms with Gasteiger partial charge in [-0.3, -0.25) is 4.79 Å². The van der Waals surface area contributed by atoms with Crippen LogP contribution >= 0.6 is 11.6 Å². The van der Waals surface area contributed by atoms with Crippen molar-refractivity contribution in [3.05, 3.63) is 70.7 Å². The Bertz CT molecular complexity index is 787.